The summed E-state index contributed by atoms with van der Waals surface area (Å²) in [6.45, 7) is 0. The van der Waals surface area contributed by atoms with E-state index in [1.54, 1.807) is 0 Å². The van der Waals surface area contributed by atoms with E-state index in [1.807, 2.05) is 0 Å². The zero-order valence-electron chi connectivity index (χ0n) is 6.27. The Labute approximate surface area is 68.5 Å². The number of hydrogen-bond donors (Lipinski definition) is 3. The summed E-state index contributed by atoms with van der Waals surface area (Å²) >= 11 is 0. The first kappa shape index (κ1) is 10.6. The molecule has 0 rings (SSSR count). The van der Waals surface area contributed by atoms with Crippen molar-refractivity contribution in [1.82, 2.24) is 0 Å². The molecule has 0 radical (unpaired) electrons. The third-order valence-electron chi connectivity index (χ3n) is 1.38. The molecule has 0 aliphatic heterocycles. The van der Waals surface area contributed by atoms with E-state index in [-0.39, 0.29) is 0 Å². The summed E-state index contributed by atoms with van der Waals surface area (Å²) in [6, 6.07) is -1.14. The minimum atomic E-state index is -1.21. The van der Waals surface area contributed by atoms with Gasteiger partial charge in [0.1, 0.15) is 6.29 Å². The molecule has 68 valence electrons. The number of primary amides is 1. The molecule has 0 spiro atoms. The number of carboxylic acids is 1. The Morgan fingerprint density at radius 1 is 1.50 bits per heavy atom. The van der Waals surface area contributed by atoms with Crippen molar-refractivity contribution in [1.29, 1.82) is 0 Å². The quantitative estimate of drug-likeness (QED) is 0.419. The van der Waals surface area contributed by atoms with Gasteiger partial charge >= 0.3 is 5.97 Å². The Kier molecular flexibility index (Phi) is 3.92. The van der Waals surface area contributed by atoms with Crippen molar-refractivity contribution in [2.45, 2.75) is 12.5 Å². The molecule has 0 aromatic carbocycles. The Hall–Kier alpha value is -1.43. The van der Waals surface area contributed by atoms with Crippen LogP contribution in [-0.2, 0) is 14.4 Å². The van der Waals surface area contributed by atoms with Crippen molar-refractivity contribution < 1.29 is 19.5 Å². The number of carbonyl (C=O) groups excluding carboxylic acids is 2. The number of carboxylic acid groups (broad SMARTS) is 1. The first-order chi connectivity index (χ1) is 5.49. The summed E-state index contributed by atoms with van der Waals surface area (Å²) < 4.78 is 0. The number of aliphatic carboxylic acids is 1. The van der Waals surface area contributed by atoms with Gasteiger partial charge in [-0.3, -0.25) is 9.59 Å². The van der Waals surface area contributed by atoms with Crippen LogP contribution in [-0.4, -0.2) is 29.3 Å². The van der Waals surface area contributed by atoms with Crippen LogP contribution in [0.4, 0.5) is 0 Å². The Morgan fingerprint density at radius 3 is 2.25 bits per heavy atom. The maximum Gasteiger partial charge on any atom is 0.304 e. The van der Waals surface area contributed by atoms with Gasteiger partial charge < -0.3 is 21.4 Å². The van der Waals surface area contributed by atoms with E-state index < -0.39 is 30.3 Å². The second-order valence-electron chi connectivity index (χ2n) is 2.32. The molecule has 0 aromatic rings. The fourth-order valence-corrected chi connectivity index (χ4v) is 0.709. The van der Waals surface area contributed by atoms with Crippen LogP contribution >= 0.6 is 0 Å². The standard InChI is InChI=1S/C6H10N2O4/c7-4(2-9)3(6(8)12)1-5(10)11/h2-4H,1,7H2,(H2,8,12)(H,10,11)/t3?,4-/m1/s1. The van der Waals surface area contributed by atoms with E-state index in [0.717, 1.165) is 0 Å². The summed E-state index contributed by atoms with van der Waals surface area (Å²) in [6.07, 6.45) is -0.215. The molecular weight excluding hydrogens is 164 g/mol. The molecular formula is C6H10N2O4. The van der Waals surface area contributed by atoms with Crippen LogP contribution in [0.1, 0.15) is 6.42 Å². The monoisotopic (exact) mass is 174 g/mol. The Balaban J connectivity index is 4.32. The third-order valence-corrected chi connectivity index (χ3v) is 1.38. The van der Waals surface area contributed by atoms with Crippen LogP contribution in [0.25, 0.3) is 0 Å². The van der Waals surface area contributed by atoms with Gasteiger partial charge in [-0.1, -0.05) is 0 Å². The van der Waals surface area contributed by atoms with E-state index >= 15 is 0 Å². The second-order valence-corrected chi connectivity index (χ2v) is 2.32. The van der Waals surface area contributed by atoms with Crippen molar-refractivity contribution in [2.24, 2.45) is 17.4 Å². The largest absolute Gasteiger partial charge is 0.481 e. The molecule has 0 bridgehead atoms. The lowest BCUT2D eigenvalue weighted by atomic mass is 9.97. The van der Waals surface area contributed by atoms with Crippen molar-refractivity contribution in [3.63, 3.8) is 0 Å². The van der Waals surface area contributed by atoms with Gasteiger partial charge in [0.05, 0.1) is 18.4 Å². The smallest absolute Gasteiger partial charge is 0.304 e. The fourth-order valence-electron chi connectivity index (χ4n) is 0.709. The number of aldehydes is 1. The number of carbonyl (C=O) groups is 3. The predicted octanol–water partition coefficient (Wildman–Crippen LogP) is -1.91. The zero-order valence-corrected chi connectivity index (χ0v) is 6.27. The van der Waals surface area contributed by atoms with Gasteiger partial charge in [-0.05, 0) is 0 Å². The molecule has 0 heterocycles. The Bertz CT molecular complexity index is 204. The maximum absolute atomic E-state index is 10.6. The van der Waals surface area contributed by atoms with Crippen molar-refractivity contribution in [2.75, 3.05) is 0 Å². The molecule has 0 saturated heterocycles. The van der Waals surface area contributed by atoms with Crippen LogP contribution in [0.15, 0.2) is 0 Å². The van der Waals surface area contributed by atoms with E-state index in [4.69, 9.17) is 16.6 Å². The van der Waals surface area contributed by atoms with Crippen molar-refractivity contribution in [3.8, 4) is 0 Å². The highest BCUT2D eigenvalue weighted by atomic mass is 16.4. The van der Waals surface area contributed by atoms with Crippen LogP contribution in [0.5, 0.6) is 0 Å². The van der Waals surface area contributed by atoms with E-state index in [0.29, 0.717) is 6.29 Å². The number of amides is 1. The van der Waals surface area contributed by atoms with E-state index in [1.165, 1.54) is 0 Å². The second kappa shape index (κ2) is 4.45. The summed E-state index contributed by atoms with van der Waals surface area (Å²) in [5.41, 5.74) is 9.95. The molecule has 0 aliphatic rings. The molecule has 0 saturated carbocycles. The zero-order chi connectivity index (χ0) is 9.72. The van der Waals surface area contributed by atoms with Crippen LogP contribution < -0.4 is 11.5 Å². The van der Waals surface area contributed by atoms with Gasteiger partial charge in [-0.15, -0.1) is 0 Å². The van der Waals surface area contributed by atoms with Crippen molar-refractivity contribution >= 4 is 18.2 Å². The summed E-state index contributed by atoms with van der Waals surface area (Å²) in [4.78, 5) is 30.8. The summed E-state index contributed by atoms with van der Waals surface area (Å²) in [5.74, 6) is -3.21. The van der Waals surface area contributed by atoms with Gasteiger partial charge in [0.15, 0.2) is 0 Å². The highest BCUT2D eigenvalue weighted by Gasteiger charge is 2.25. The molecule has 1 amide bonds. The first-order valence-corrected chi connectivity index (χ1v) is 3.21. The maximum atomic E-state index is 10.6. The molecule has 0 fully saturated rings. The van der Waals surface area contributed by atoms with Gasteiger partial charge in [0.25, 0.3) is 0 Å². The first-order valence-electron chi connectivity index (χ1n) is 3.21. The molecule has 12 heavy (non-hydrogen) atoms. The average molecular weight is 174 g/mol. The molecule has 5 N–H and O–H groups in total. The lowest BCUT2D eigenvalue weighted by molar-refractivity contribution is -0.141. The molecule has 0 aliphatic carbocycles. The number of nitrogens with two attached hydrogens (primary N) is 2. The van der Waals surface area contributed by atoms with Gasteiger partial charge in [-0.25, -0.2) is 0 Å². The predicted molar refractivity (Wildman–Crippen MR) is 39.0 cm³/mol. The minimum Gasteiger partial charge on any atom is -0.481 e. The molecule has 6 nitrogen and oxygen atoms in total. The molecule has 0 aromatic heterocycles. The molecule has 2 atom stereocenters. The van der Waals surface area contributed by atoms with Crippen LogP contribution in [0.3, 0.4) is 0 Å². The van der Waals surface area contributed by atoms with Crippen LogP contribution in [0, 0.1) is 5.92 Å². The highest BCUT2D eigenvalue weighted by Crippen LogP contribution is 2.04. The van der Waals surface area contributed by atoms with Crippen molar-refractivity contribution in [3.05, 3.63) is 0 Å². The summed E-state index contributed by atoms with van der Waals surface area (Å²) in [7, 11) is 0. The third kappa shape index (κ3) is 3.11. The topological polar surface area (TPSA) is 123 Å². The number of rotatable bonds is 5. The lowest BCUT2D eigenvalue weighted by Crippen LogP contribution is -2.41. The molecule has 1 unspecified atom stereocenters. The van der Waals surface area contributed by atoms with E-state index in [9.17, 15) is 14.4 Å². The van der Waals surface area contributed by atoms with Gasteiger partial charge in [0, 0.05) is 0 Å². The van der Waals surface area contributed by atoms with Gasteiger partial charge in [-0.2, -0.15) is 0 Å². The SMILES string of the molecule is NC(=O)C(CC(=O)O)[C@H](N)C=O. The normalized spacial score (nSPS) is 14.8. The molecule has 6 heteroatoms. The average Bonchev–Trinajstić information content (AvgIpc) is 1.98. The lowest BCUT2D eigenvalue weighted by Gasteiger charge is -2.12. The fraction of sp³-hybridized carbons (Fsp3) is 0.500. The Morgan fingerprint density at radius 2 is 2.00 bits per heavy atom. The van der Waals surface area contributed by atoms with E-state index in [2.05, 4.69) is 0 Å². The minimum absolute atomic E-state index is 0.304. The van der Waals surface area contributed by atoms with Gasteiger partial charge in [0.2, 0.25) is 5.91 Å². The van der Waals surface area contributed by atoms with Crippen LogP contribution in [0.2, 0.25) is 0 Å². The summed E-state index contributed by atoms with van der Waals surface area (Å²) in [5, 5.41) is 8.30. The highest BCUT2D eigenvalue weighted by molar-refractivity contribution is 5.85. The number of hydrogen-bond acceptors (Lipinski definition) is 4.